The standard InChI is InChI=1S/C29H43N7O6S2/c1-17-6-5-11-36(17,29(40)41)26(38)19(15-43-3)16-44-27(39)23(31)12-18-14-35(24-9-8-20(42-2)13-21(18)24)25(37)22(30)7-4-10-34-28(32)33/h8-9,13-14,17,19,22-23H,4-7,10-12,15-16,30-31H2,1-3H3,(H4-,32,33,34,40,41)/p+1/t17-,19?,22+,23+,36?/m1/s1. The number of carbonyl (C=O) groups is 4. The number of aliphatic imine (C=N–C) groups is 1. The lowest BCUT2D eigenvalue weighted by Crippen LogP contribution is -2.61. The number of nitrogens with two attached hydrogens (primary N) is 4. The number of carboxylic acid groups (broad SMARTS) is 1. The van der Waals surface area contributed by atoms with Crippen LogP contribution in [0.4, 0.5) is 4.79 Å². The summed E-state index contributed by atoms with van der Waals surface area (Å²) in [5.74, 6) is -0.235. The van der Waals surface area contributed by atoms with Gasteiger partial charge in [0, 0.05) is 42.5 Å². The van der Waals surface area contributed by atoms with Crippen LogP contribution >= 0.6 is 23.5 Å². The molecule has 0 saturated carbocycles. The first kappa shape index (κ1) is 35.4. The summed E-state index contributed by atoms with van der Waals surface area (Å²) in [4.78, 5) is 56.3. The van der Waals surface area contributed by atoms with Crippen molar-refractivity contribution in [2.75, 3.05) is 38.0 Å². The predicted molar refractivity (Wildman–Crippen MR) is 175 cm³/mol. The SMILES string of the molecule is COc1ccc2c(c1)c(C[C@H](N)C(=O)SCC(CSC)C(=O)[N+]1(C(=O)O)CCC[C@H]1C)cn2C(=O)[C@@H](N)CCCN=C(N)N. The molecule has 1 aliphatic heterocycles. The van der Waals surface area contributed by atoms with E-state index in [1.807, 2.05) is 6.26 Å². The summed E-state index contributed by atoms with van der Waals surface area (Å²) in [5.41, 5.74) is 24.6. The van der Waals surface area contributed by atoms with E-state index in [0.29, 0.717) is 60.2 Å². The normalized spacial score (nSPS) is 20.2. The van der Waals surface area contributed by atoms with Crippen LogP contribution in [0.5, 0.6) is 5.75 Å². The molecule has 44 heavy (non-hydrogen) atoms. The molecule has 1 saturated heterocycles. The van der Waals surface area contributed by atoms with Crippen molar-refractivity contribution >= 4 is 63.4 Å². The van der Waals surface area contributed by atoms with Crippen LogP contribution in [0.3, 0.4) is 0 Å². The van der Waals surface area contributed by atoms with E-state index in [-0.39, 0.29) is 47.6 Å². The lowest BCUT2D eigenvalue weighted by Gasteiger charge is -2.32. The fraction of sp³-hybridized carbons (Fsp3) is 0.552. The Morgan fingerprint density at radius 3 is 2.50 bits per heavy atom. The monoisotopic (exact) mass is 650 g/mol. The first-order valence-corrected chi connectivity index (χ1v) is 16.8. The summed E-state index contributed by atoms with van der Waals surface area (Å²) in [6, 6.07) is 3.20. The average Bonchev–Trinajstić information content (AvgIpc) is 3.56. The number of fused-ring (bicyclic) bond motifs is 1. The second kappa shape index (κ2) is 15.8. The maximum Gasteiger partial charge on any atom is 0.521 e. The highest BCUT2D eigenvalue weighted by molar-refractivity contribution is 8.13. The Bertz CT molecular complexity index is 1400. The van der Waals surface area contributed by atoms with E-state index in [4.69, 9.17) is 27.7 Å². The smallest absolute Gasteiger partial charge is 0.497 e. The number of likely N-dealkylation sites (tertiary alicyclic amines) is 1. The molecule has 13 nitrogen and oxygen atoms in total. The maximum absolute atomic E-state index is 13.6. The molecule has 1 aromatic heterocycles. The van der Waals surface area contributed by atoms with Gasteiger partial charge in [-0.15, -0.1) is 0 Å². The number of methoxy groups -OCH3 is 1. The molecule has 0 radical (unpaired) electrons. The van der Waals surface area contributed by atoms with Gasteiger partial charge >= 0.3 is 12.0 Å². The number of imide groups is 1. The minimum Gasteiger partial charge on any atom is -0.497 e. The van der Waals surface area contributed by atoms with Gasteiger partial charge in [0.15, 0.2) is 5.96 Å². The Kier molecular flexibility index (Phi) is 12.7. The number of amides is 2. The molecule has 2 unspecified atom stereocenters. The number of hydrogen-bond acceptors (Lipinski definition) is 10. The first-order chi connectivity index (χ1) is 20.9. The largest absolute Gasteiger partial charge is 0.521 e. The minimum absolute atomic E-state index is 0.0259. The number of hydrogen-bond donors (Lipinski definition) is 5. The summed E-state index contributed by atoms with van der Waals surface area (Å²) in [7, 11) is 1.53. The molecule has 0 spiro atoms. The summed E-state index contributed by atoms with van der Waals surface area (Å²) < 4.78 is 6.26. The van der Waals surface area contributed by atoms with Crippen LogP contribution in [0.1, 0.15) is 43.0 Å². The van der Waals surface area contributed by atoms with E-state index in [2.05, 4.69) is 4.99 Å². The van der Waals surface area contributed by atoms with Crippen LogP contribution < -0.4 is 27.7 Å². The number of ether oxygens (including phenoxy) is 1. The van der Waals surface area contributed by atoms with Gasteiger partial charge in [-0.3, -0.25) is 19.1 Å². The molecule has 1 aromatic carbocycles. The van der Waals surface area contributed by atoms with Gasteiger partial charge in [-0.1, -0.05) is 11.8 Å². The van der Waals surface area contributed by atoms with Crippen molar-refractivity contribution in [1.82, 2.24) is 4.57 Å². The molecule has 9 N–H and O–H groups in total. The van der Waals surface area contributed by atoms with Gasteiger partial charge in [-0.25, -0.2) is 4.79 Å². The number of quaternary nitrogens is 1. The summed E-state index contributed by atoms with van der Waals surface area (Å²) in [5, 5.41) is 10.4. The molecule has 2 heterocycles. The number of thioether (sulfide) groups is 2. The zero-order valence-corrected chi connectivity index (χ0v) is 27.1. The van der Waals surface area contributed by atoms with Crippen molar-refractivity contribution in [3.8, 4) is 5.75 Å². The van der Waals surface area contributed by atoms with Crippen LogP contribution in [0.2, 0.25) is 0 Å². The molecule has 0 bridgehead atoms. The highest BCUT2D eigenvalue weighted by Crippen LogP contribution is 2.33. The van der Waals surface area contributed by atoms with Gasteiger partial charge < -0.3 is 32.8 Å². The number of carbonyl (C=O) groups excluding carboxylic acids is 3. The topological polar surface area (TPSA) is 219 Å². The molecule has 242 valence electrons. The third kappa shape index (κ3) is 7.93. The molecular weight excluding hydrogens is 606 g/mol. The van der Waals surface area contributed by atoms with E-state index in [1.165, 1.54) is 23.4 Å². The van der Waals surface area contributed by atoms with Crippen LogP contribution in [-0.2, 0) is 16.0 Å². The fourth-order valence-electron chi connectivity index (χ4n) is 5.68. The van der Waals surface area contributed by atoms with Crippen molar-refractivity contribution in [1.29, 1.82) is 0 Å². The van der Waals surface area contributed by atoms with Crippen molar-refractivity contribution < 1.29 is 33.5 Å². The van der Waals surface area contributed by atoms with Gasteiger partial charge in [0.05, 0.1) is 37.2 Å². The van der Waals surface area contributed by atoms with E-state index < -0.39 is 28.6 Å². The maximum atomic E-state index is 13.6. The Balaban J connectivity index is 1.76. The highest BCUT2D eigenvalue weighted by Gasteiger charge is 2.54. The van der Waals surface area contributed by atoms with Gasteiger partial charge in [-0.2, -0.15) is 21.0 Å². The Hall–Kier alpha value is -3.11. The lowest BCUT2D eigenvalue weighted by atomic mass is 10.1. The second-order valence-corrected chi connectivity index (χ2v) is 13.0. The van der Waals surface area contributed by atoms with Crippen LogP contribution in [-0.4, -0.2) is 99.2 Å². The van der Waals surface area contributed by atoms with Crippen LogP contribution in [0.25, 0.3) is 10.9 Å². The highest BCUT2D eigenvalue weighted by atomic mass is 32.2. The van der Waals surface area contributed by atoms with Gasteiger partial charge in [0.25, 0.3) is 0 Å². The third-order valence-electron chi connectivity index (χ3n) is 8.12. The second-order valence-electron chi connectivity index (χ2n) is 11.1. The molecule has 2 amide bonds. The number of aromatic nitrogens is 1. The summed E-state index contributed by atoms with van der Waals surface area (Å²) in [6.45, 7) is 2.40. The van der Waals surface area contributed by atoms with Gasteiger partial charge in [-0.05, 0) is 56.2 Å². The lowest BCUT2D eigenvalue weighted by molar-refractivity contribution is -0.793. The van der Waals surface area contributed by atoms with Crippen LogP contribution in [0.15, 0.2) is 29.4 Å². The third-order valence-corrected chi connectivity index (χ3v) is 10.0. The molecule has 1 aliphatic rings. The van der Waals surface area contributed by atoms with Crippen molar-refractivity contribution in [3.05, 3.63) is 30.0 Å². The molecule has 1 fully saturated rings. The summed E-state index contributed by atoms with van der Waals surface area (Å²) >= 11 is 2.38. The van der Waals surface area contributed by atoms with E-state index >= 15 is 0 Å². The molecule has 15 heteroatoms. The molecular formula is C29H44N7O6S2+. The molecule has 5 atom stereocenters. The molecule has 3 rings (SSSR count). The quantitative estimate of drug-likeness (QED) is 0.0858. The molecule has 0 aliphatic carbocycles. The minimum atomic E-state index is -1.14. The van der Waals surface area contributed by atoms with Crippen molar-refractivity contribution in [2.45, 2.75) is 57.2 Å². The van der Waals surface area contributed by atoms with Gasteiger partial charge in [0.2, 0.25) is 11.0 Å². The Morgan fingerprint density at radius 1 is 1.18 bits per heavy atom. The fourth-order valence-corrected chi connectivity index (χ4v) is 7.42. The average molecular weight is 651 g/mol. The number of benzene rings is 1. The zero-order valence-electron chi connectivity index (χ0n) is 25.4. The Morgan fingerprint density at radius 2 is 1.91 bits per heavy atom. The van der Waals surface area contributed by atoms with Crippen LogP contribution in [0, 0.1) is 5.92 Å². The number of guanidine groups is 1. The van der Waals surface area contributed by atoms with Crippen molar-refractivity contribution in [3.63, 3.8) is 0 Å². The molecule has 2 aromatic rings. The number of rotatable bonds is 14. The van der Waals surface area contributed by atoms with Crippen molar-refractivity contribution in [2.24, 2.45) is 33.8 Å². The Labute approximate surface area is 265 Å². The van der Waals surface area contributed by atoms with E-state index in [9.17, 15) is 24.3 Å². The number of nitrogens with zero attached hydrogens (tertiary/aromatic N) is 3. The van der Waals surface area contributed by atoms with E-state index in [0.717, 1.165) is 11.8 Å². The van der Waals surface area contributed by atoms with E-state index in [1.54, 1.807) is 31.3 Å². The zero-order chi connectivity index (χ0) is 32.6. The first-order valence-electron chi connectivity index (χ1n) is 14.5. The predicted octanol–water partition coefficient (Wildman–Crippen LogP) is 1.98. The van der Waals surface area contributed by atoms with Gasteiger partial charge in [0.1, 0.15) is 11.8 Å². The summed E-state index contributed by atoms with van der Waals surface area (Å²) in [6.07, 6.45) is 4.68.